The fourth-order valence-electron chi connectivity index (χ4n) is 4.66. The third-order valence-corrected chi connectivity index (χ3v) is 6.39. The van der Waals surface area contributed by atoms with Crippen molar-refractivity contribution in [2.75, 3.05) is 42.5 Å². The van der Waals surface area contributed by atoms with Crippen molar-refractivity contribution in [1.82, 2.24) is 14.9 Å². The number of anilines is 2. The minimum atomic E-state index is 0.201. The number of fused-ring (bicyclic) bond motifs is 1. The first-order chi connectivity index (χ1) is 16.1. The van der Waals surface area contributed by atoms with Gasteiger partial charge in [-0.05, 0) is 43.7 Å². The van der Waals surface area contributed by atoms with E-state index in [1.807, 2.05) is 6.20 Å². The molecule has 172 valence electrons. The van der Waals surface area contributed by atoms with Gasteiger partial charge in [0.05, 0.1) is 11.8 Å². The van der Waals surface area contributed by atoms with Gasteiger partial charge in [-0.3, -0.25) is 4.90 Å². The van der Waals surface area contributed by atoms with E-state index >= 15 is 0 Å². The van der Waals surface area contributed by atoms with Crippen molar-refractivity contribution >= 4 is 11.6 Å². The quantitative estimate of drug-likeness (QED) is 0.570. The Balaban J connectivity index is 1.17. The van der Waals surface area contributed by atoms with E-state index in [-0.39, 0.29) is 6.10 Å². The van der Waals surface area contributed by atoms with Gasteiger partial charge in [-0.1, -0.05) is 30.3 Å². The van der Waals surface area contributed by atoms with Crippen LogP contribution in [0, 0.1) is 0 Å². The summed E-state index contributed by atoms with van der Waals surface area (Å²) in [6, 6.07) is 19.1. The second kappa shape index (κ2) is 9.79. The molecule has 0 amide bonds. The van der Waals surface area contributed by atoms with Crippen LogP contribution in [0.15, 0.2) is 60.8 Å². The lowest BCUT2D eigenvalue weighted by molar-refractivity contribution is 0.238. The number of hydrogen-bond donors (Lipinski definition) is 0. The summed E-state index contributed by atoms with van der Waals surface area (Å²) >= 11 is 0. The van der Waals surface area contributed by atoms with E-state index in [0.717, 1.165) is 63.9 Å². The normalized spacial score (nSPS) is 16.7. The van der Waals surface area contributed by atoms with Crippen LogP contribution < -0.4 is 14.5 Å². The molecule has 0 atom stereocenters. The molecule has 2 aromatic carbocycles. The highest BCUT2D eigenvalue weighted by Gasteiger charge is 2.23. The molecular formula is C27H33N5O. The molecule has 33 heavy (non-hydrogen) atoms. The molecule has 0 aliphatic carbocycles. The highest BCUT2D eigenvalue weighted by molar-refractivity contribution is 5.48. The van der Waals surface area contributed by atoms with Crippen LogP contribution in [0.25, 0.3) is 0 Å². The SMILES string of the molecule is CC(C)Oc1ccc(CN2CCc3nc(N4CCN(c5ccccc5)CC4)ncc3C2)cc1. The maximum atomic E-state index is 5.76. The van der Waals surface area contributed by atoms with E-state index in [1.165, 1.54) is 22.5 Å². The smallest absolute Gasteiger partial charge is 0.225 e. The Hall–Kier alpha value is -3.12. The van der Waals surface area contributed by atoms with Crippen LogP contribution in [0.1, 0.15) is 30.7 Å². The summed E-state index contributed by atoms with van der Waals surface area (Å²) in [4.78, 5) is 17.0. The number of aromatic nitrogens is 2. The Kier molecular flexibility index (Phi) is 6.44. The fraction of sp³-hybridized carbons (Fsp3) is 0.407. The molecule has 0 radical (unpaired) electrons. The molecule has 0 unspecified atom stereocenters. The van der Waals surface area contributed by atoms with Crippen molar-refractivity contribution < 1.29 is 4.74 Å². The van der Waals surface area contributed by atoms with Crippen LogP contribution in [0.2, 0.25) is 0 Å². The van der Waals surface area contributed by atoms with Gasteiger partial charge in [0.1, 0.15) is 5.75 Å². The summed E-state index contributed by atoms with van der Waals surface area (Å²) in [6.45, 7) is 10.9. The molecule has 6 heteroatoms. The summed E-state index contributed by atoms with van der Waals surface area (Å²) in [5.41, 5.74) is 5.07. The molecule has 0 bridgehead atoms. The first-order valence-electron chi connectivity index (χ1n) is 12.0. The number of rotatable bonds is 6. The molecule has 2 aliphatic rings. The third kappa shape index (κ3) is 5.28. The fourth-order valence-corrected chi connectivity index (χ4v) is 4.66. The maximum absolute atomic E-state index is 5.76. The third-order valence-electron chi connectivity index (χ3n) is 6.39. The summed E-state index contributed by atoms with van der Waals surface area (Å²) in [7, 11) is 0. The zero-order chi connectivity index (χ0) is 22.6. The zero-order valence-electron chi connectivity index (χ0n) is 19.7. The summed E-state index contributed by atoms with van der Waals surface area (Å²) in [5.74, 6) is 1.82. The van der Waals surface area contributed by atoms with E-state index in [1.54, 1.807) is 0 Å². The second-order valence-corrected chi connectivity index (χ2v) is 9.22. The summed E-state index contributed by atoms with van der Waals surface area (Å²) < 4.78 is 5.76. The van der Waals surface area contributed by atoms with Gasteiger partial charge in [-0.15, -0.1) is 0 Å². The molecule has 3 heterocycles. The average Bonchev–Trinajstić information content (AvgIpc) is 2.85. The minimum Gasteiger partial charge on any atom is -0.491 e. The highest BCUT2D eigenvalue weighted by Crippen LogP contribution is 2.23. The lowest BCUT2D eigenvalue weighted by atomic mass is 10.1. The van der Waals surface area contributed by atoms with Gasteiger partial charge in [0.2, 0.25) is 5.95 Å². The van der Waals surface area contributed by atoms with Crippen molar-refractivity contribution in [1.29, 1.82) is 0 Å². The van der Waals surface area contributed by atoms with E-state index in [4.69, 9.17) is 14.7 Å². The van der Waals surface area contributed by atoms with E-state index in [2.05, 4.69) is 83.1 Å². The van der Waals surface area contributed by atoms with Gasteiger partial charge in [-0.2, -0.15) is 0 Å². The minimum absolute atomic E-state index is 0.201. The number of piperazine rings is 1. The molecule has 1 saturated heterocycles. The van der Waals surface area contributed by atoms with Gasteiger partial charge in [-0.25, -0.2) is 9.97 Å². The standard InChI is InChI=1S/C27H33N5O/c1-21(2)33-25-10-8-22(9-11-25)19-30-13-12-26-23(20-30)18-28-27(29-26)32-16-14-31(15-17-32)24-6-4-3-5-7-24/h3-11,18,21H,12-17,19-20H2,1-2H3. The number of hydrogen-bond acceptors (Lipinski definition) is 6. The number of nitrogens with zero attached hydrogens (tertiary/aromatic N) is 5. The zero-order valence-corrected chi connectivity index (χ0v) is 19.7. The largest absolute Gasteiger partial charge is 0.491 e. The van der Waals surface area contributed by atoms with Crippen molar-refractivity contribution in [2.45, 2.75) is 39.5 Å². The lowest BCUT2D eigenvalue weighted by Crippen LogP contribution is -2.47. The highest BCUT2D eigenvalue weighted by atomic mass is 16.5. The Bertz CT molecular complexity index is 1050. The predicted molar refractivity (Wildman–Crippen MR) is 133 cm³/mol. The molecular weight excluding hydrogens is 410 g/mol. The van der Waals surface area contributed by atoms with Gasteiger partial charge >= 0.3 is 0 Å². The Morgan fingerprint density at radius 1 is 0.879 bits per heavy atom. The maximum Gasteiger partial charge on any atom is 0.225 e. The van der Waals surface area contributed by atoms with Gasteiger partial charge in [0, 0.05) is 69.7 Å². The van der Waals surface area contributed by atoms with Crippen LogP contribution in [-0.4, -0.2) is 53.7 Å². The van der Waals surface area contributed by atoms with E-state index < -0.39 is 0 Å². The van der Waals surface area contributed by atoms with Crippen molar-refractivity contribution in [3.63, 3.8) is 0 Å². The first-order valence-corrected chi connectivity index (χ1v) is 12.0. The molecule has 1 aromatic heterocycles. The summed E-state index contributed by atoms with van der Waals surface area (Å²) in [5, 5.41) is 0. The first kappa shape index (κ1) is 21.7. The van der Waals surface area contributed by atoms with Crippen LogP contribution in [0.3, 0.4) is 0 Å². The topological polar surface area (TPSA) is 44.7 Å². The predicted octanol–water partition coefficient (Wildman–Crippen LogP) is 4.15. The molecule has 5 rings (SSSR count). The van der Waals surface area contributed by atoms with Gasteiger partial charge in [0.15, 0.2) is 0 Å². The van der Waals surface area contributed by atoms with Crippen LogP contribution in [0.4, 0.5) is 11.6 Å². The van der Waals surface area contributed by atoms with Gasteiger partial charge < -0.3 is 14.5 Å². The average molecular weight is 444 g/mol. The van der Waals surface area contributed by atoms with Crippen molar-refractivity contribution in [3.05, 3.63) is 77.6 Å². The molecule has 6 nitrogen and oxygen atoms in total. The van der Waals surface area contributed by atoms with Crippen LogP contribution in [0.5, 0.6) is 5.75 Å². The van der Waals surface area contributed by atoms with Crippen LogP contribution >= 0.6 is 0 Å². The molecule has 0 N–H and O–H groups in total. The number of ether oxygens (including phenoxy) is 1. The van der Waals surface area contributed by atoms with E-state index in [0.29, 0.717) is 0 Å². The Morgan fingerprint density at radius 3 is 2.33 bits per heavy atom. The number of benzene rings is 2. The van der Waals surface area contributed by atoms with Gasteiger partial charge in [0.25, 0.3) is 0 Å². The van der Waals surface area contributed by atoms with E-state index in [9.17, 15) is 0 Å². The second-order valence-electron chi connectivity index (χ2n) is 9.22. The summed E-state index contributed by atoms with van der Waals surface area (Å²) in [6.07, 6.45) is 3.23. The lowest BCUT2D eigenvalue weighted by Gasteiger charge is -2.36. The molecule has 0 saturated carbocycles. The molecule has 1 fully saturated rings. The molecule has 2 aliphatic heterocycles. The molecule has 3 aromatic rings. The van der Waals surface area contributed by atoms with Crippen LogP contribution in [-0.2, 0) is 19.5 Å². The molecule has 0 spiro atoms. The Morgan fingerprint density at radius 2 is 1.61 bits per heavy atom. The Labute approximate surface area is 196 Å². The van der Waals surface area contributed by atoms with Crippen molar-refractivity contribution in [2.24, 2.45) is 0 Å². The number of para-hydroxylation sites is 1. The monoisotopic (exact) mass is 443 g/mol. The van der Waals surface area contributed by atoms with Crippen molar-refractivity contribution in [3.8, 4) is 5.75 Å².